The molecule has 0 amide bonds. The first-order valence-electron chi connectivity index (χ1n) is 6.75. The number of nitrogens with zero attached hydrogens (tertiary/aromatic N) is 4. The van der Waals surface area contributed by atoms with Gasteiger partial charge in [0.15, 0.2) is 0 Å². The number of nitrogens with one attached hydrogen (secondary N) is 1. The summed E-state index contributed by atoms with van der Waals surface area (Å²) < 4.78 is 1.84. The van der Waals surface area contributed by atoms with E-state index in [1.165, 1.54) is 16.9 Å². The van der Waals surface area contributed by atoms with Crippen LogP contribution in [-0.2, 0) is 0 Å². The quantitative estimate of drug-likeness (QED) is 0.573. The van der Waals surface area contributed by atoms with Crippen molar-refractivity contribution in [3.63, 3.8) is 0 Å². The number of thiazole rings is 1. The summed E-state index contributed by atoms with van der Waals surface area (Å²) in [7, 11) is 0. The van der Waals surface area contributed by atoms with Crippen LogP contribution in [0.1, 0.15) is 16.7 Å². The molecule has 0 saturated carbocycles. The molecule has 2 heterocycles. The lowest BCUT2D eigenvalue weighted by molar-refractivity contribution is 0.870. The zero-order valence-electron chi connectivity index (χ0n) is 12.3. The number of anilines is 2. The maximum Gasteiger partial charge on any atom is 0.205 e. The highest BCUT2D eigenvalue weighted by Crippen LogP contribution is 2.20. The Balaban J connectivity index is 1.92. The molecule has 1 aromatic carbocycles. The average molecular weight is 312 g/mol. The lowest BCUT2D eigenvalue weighted by Crippen LogP contribution is -2.04. The van der Waals surface area contributed by atoms with Gasteiger partial charge < -0.3 is 5.73 Å². The van der Waals surface area contributed by atoms with Gasteiger partial charge in [0.1, 0.15) is 5.82 Å². The van der Waals surface area contributed by atoms with Crippen molar-refractivity contribution in [2.24, 2.45) is 5.10 Å². The molecule has 0 bridgehead atoms. The molecule has 0 saturated heterocycles. The second-order valence-electron chi connectivity index (χ2n) is 4.92. The van der Waals surface area contributed by atoms with E-state index in [9.17, 15) is 0 Å². The molecule has 0 spiro atoms. The van der Waals surface area contributed by atoms with Crippen molar-refractivity contribution in [2.75, 3.05) is 11.2 Å². The van der Waals surface area contributed by atoms with Gasteiger partial charge in [-0.05, 0) is 31.5 Å². The van der Waals surface area contributed by atoms with Crippen molar-refractivity contribution < 1.29 is 0 Å². The van der Waals surface area contributed by atoms with E-state index >= 15 is 0 Å². The fraction of sp³-hybridized carbons (Fsp3) is 0.133. The van der Waals surface area contributed by atoms with E-state index in [2.05, 4.69) is 46.6 Å². The fourth-order valence-corrected chi connectivity index (χ4v) is 2.85. The van der Waals surface area contributed by atoms with Crippen LogP contribution in [0.4, 0.5) is 10.9 Å². The minimum atomic E-state index is 0.492. The Kier molecular flexibility index (Phi) is 3.88. The van der Waals surface area contributed by atoms with Gasteiger partial charge in [-0.3, -0.25) is 5.43 Å². The van der Waals surface area contributed by atoms with E-state index in [1.807, 2.05) is 16.9 Å². The number of nitrogens with two attached hydrogens (primary N) is 1. The van der Waals surface area contributed by atoms with Gasteiger partial charge in [-0.25, -0.2) is 9.67 Å². The van der Waals surface area contributed by atoms with Crippen LogP contribution in [0.25, 0.3) is 5.69 Å². The molecule has 0 unspecified atom stereocenters. The molecule has 0 fully saturated rings. The van der Waals surface area contributed by atoms with Gasteiger partial charge in [0.25, 0.3) is 0 Å². The number of nitrogen functional groups attached to an aromatic ring is 1. The molecule has 3 aromatic rings. The van der Waals surface area contributed by atoms with Crippen molar-refractivity contribution in [1.82, 2.24) is 14.8 Å². The Bertz CT molecular complexity index is 804. The van der Waals surface area contributed by atoms with Crippen molar-refractivity contribution in [3.8, 4) is 5.69 Å². The summed E-state index contributed by atoms with van der Waals surface area (Å²) in [4.78, 5) is 4.10. The van der Waals surface area contributed by atoms with Gasteiger partial charge in [0.05, 0.1) is 11.9 Å². The maximum absolute atomic E-state index is 5.59. The van der Waals surface area contributed by atoms with Crippen LogP contribution < -0.4 is 11.2 Å². The predicted molar refractivity (Wildman–Crippen MR) is 90.8 cm³/mol. The second kappa shape index (κ2) is 5.98. The number of hydrogen-bond donors (Lipinski definition) is 2. The molecule has 0 aliphatic carbocycles. The first kappa shape index (κ1) is 14.3. The number of rotatable bonds is 4. The van der Waals surface area contributed by atoms with Crippen molar-refractivity contribution in [1.29, 1.82) is 0 Å². The summed E-state index contributed by atoms with van der Waals surface area (Å²) in [6.45, 7) is 4.13. The Morgan fingerprint density at radius 1 is 1.36 bits per heavy atom. The van der Waals surface area contributed by atoms with Crippen LogP contribution in [0.15, 0.2) is 41.1 Å². The van der Waals surface area contributed by atoms with Crippen molar-refractivity contribution >= 4 is 28.5 Å². The van der Waals surface area contributed by atoms with Gasteiger partial charge in [-0.15, -0.1) is 11.3 Å². The Morgan fingerprint density at radius 3 is 2.91 bits per heavy atom. The Hall–Kier alpha value is -2.67. The molecule has 0 atom stereocenters. The zero-order valence-corrected chi connectivity index (χ0v) is 13.1. The SMILES string of the molecule is Cc1cc(C)c(-n2cccn2)c(C=NNc2nc(N)cs2)c1. The van der Waals surface area contributed by atoms with Gasteiger partial charge in [-0.2, -0.15) is 10.2 Å². The molecule has 0 aliphatic rings. The van der Waals surface area contributed by atoms with Gasteiger partial charge in [-0.1, -0.05) is 11.6 Å². The van der Waals surface area contributed by atoms with E-state index in [-0.39, 0.29) is 0 Å². The summed E-state index contributed by atoms with van der Waals surface area (Å²) >= 11 is 1.41. The van der Waals surface area contributed by atoms with E-state index in [0.717, 1.165) is 16.8 Å². The lowest BCUT2D eigenvalue weighted by Gasteiger charge is -2.11. The number of hydrazone groups is 1. The summed E-state index contributed by atoms with van der Waals surface area (Å²) in [5.41, 5.74) is 12.8. The van der Waals surface area contributed by atoms with Crippen LogP contribution >= 0.6 is 11.3 Å². The minimum absolute atomic E-state index is 0.492. The normalized spacial score (nSPS) is 11.2. The Labute approximate surface area is 132 Å². The zero-order chi connectivity index (χ0) is 15.5. The monoisotopic (exact) mass is 312 g/mol. The molecular formula is C15H16N6S. The van der Waals surface area contributed by atoms with E-state index in [1.54, 1.807) is 17.8 Å². The summed E-state index contributed by atoms with van der Waals surface area (Å²) in [6, 6.07) is 6.10. The molecule has 112 valence electrons. The lowest BCUT2D eigenvalue weighted by atomic mass is 10.0. The highest BCUT2D eigenvalue weighted by atomic mass is 32.1. The van der Waals surface area contributed by atoms with Crippen LogP contribution in [0.3, 0.4) is 0 Å². The number of hydrogen-bond acceptors (Lipinski definition) is 6. The molecular weight excluding hydrogens is 296 g/mol. The van der Waals surface area contributed by atoms with Gasteiger partial charge in [0.2, 0.25) is 5.13 Å². The molecule has 0 radical (unpaired) electrons. The smallest absolute Gasteiger partial charge is 0.205 e. The van der Waals surface area contributed by atoms with E-state index in [0.29, 0.717) is 10.9 Å². The maximum atomic E-state index is 5.59. The summed E-state index contributed by atoms with van der Waals surface area (Å²) in [5, 5.41) is 11.0. The molecule has 3 N–H and O–H groups in total. The first-order chi connectivity index (χ1) is 10.6. The van der Waals surface area contributed by atoms with E-state index in [4.69, 9.17) is 5.73 Å². The molecule has 3 rings (SSSR count). The predicted octanol–water partition coefficient (Wildman–Crippen LogP) is 2.97. The largest absolute Gasteiger partial charge is 0.383 e. The van der Waals surface area contributed by atoms with Crippen molar-refractivity contribution in [3.05, 3.63) is 52.7 Å². The average Bonchev–Trinajstić information content (AvgIpc) is 3.10. The van der Waals surface area contributed by atoms with Crippen LogP contribution in [0.5, 0.6) is 0 Å². The van der Waals surface area contributed by atoms with Crippen LogP contribution in [0.2, 0.25) is 0 Å². The highest BCUT2D eigenvalue weighted by molar-refractivity contribution is 7.14. The van der Waals surface area contributed by atoms with Gasteiger partial charge >= 0.3 is 0 Å². The topological polar surface area (TPSA) is 81.1 Å². The fourth-order valence-electron chi connectivity index (χ4n) is 2.30. The van der Waals surface area contributed by atoms with Crippen LogP contribution in [0, 0.1) is 13.8 Å². The molecule has 2 aromatic heterocycles. The first-order valence-corrected chi connectivity index (χ1v) is 7.63. The molecule has 22 heavy (non-hydrogen) atoms. The number of aromatic nitrogens is 3. The summed E-state index contributed by atoms with van der Waals surface area (Å²) in [6.07, 6.45) is 5.45. The third-order valence-electron chi connectivity index (χ3n) is 3.09. The molecule has 0 aliphatic heterocycles. The van der Waals surface area contributed by atoms with Gasteiger partial charge in [0, 0.05) is 23.3 Å². The van der Waals surface area contributed by atoms with E-state index < -0.39 is 0 Å². The third-order valence-corrected chi connectivity index (χ3v) is 3.86. The van der Waals surface area contributed by atoms with Crippen LogP contribution in [-0.4, -0.2) is 21.0 Å². The molecule has 6 nitrogen and oxygen atoms in total. The molecule has 7 heteroatoms. The standard InChI is InChI=1S/C15H16N6S/c1-10-6-11(2)14(21-5-3-4-18-21)12(7-10)8-17-20-15-19-13(16)9-22-15/h3-9H,16H2,1-2H3,(H,19,20). The minimum Gasteiger partial charge on any atom is -0.383 e. The second-order valence-corrected chi connectivity index (χ2v) is 5.78. The number of benzene rings is 1. The Morgan fingerprint density at radius 2 is 2.23 bits per heavy atom. The number of aryl methyl sites for hydroxylation is 2. The summed E-state index contributed by atoms with van der Waals surface area (Å²) in [5.74, 6) is 0.492. The third kappa shape index (κ3) is 2.99. The van der Waals surface area contributed by atoms with Crippen molar-refractivity contribution in [2.45, 2.75) is 13.8 Å². The highest BCUT2D eigenvalue weighted by Gasteiger charge is 2.08.